The van der Waals surface area contributed by atoms with Crippen LogP contribution in [0.15, 0.2) is 30.3 Å². The number of rotatable bonds is 6. The number of carbonyl (C=O) groups is 1. The maximum atomic E-state index is 10.9. The van der Waals surface area contributed by atoms with Gasteiger partial charge in [-0.25, -0.2) is 0 Å². The number of hydrogen-bond acceptors (Lipinski definition) is 4. The summed E-state index contributed by atoms with van der Waals surface area (Å²) in [5.41, 5.74) is 6.54. The topological polar surface area (TPSA) is 58.8 Å². The van der Waals surface area contributed by atoms with E-state index in [0.29, 0.717) is 6.04 Å². The second kappa shape index (κ2) is 7.54. The monoisotopic (exact) mass is 291 g/mol. The van der Waals surface area contributed by atoms with E-state index in [-0.39, 0.29) is 18.6 Å². The minimum Gasteiger partial charge on any atom is -0.374 e. The largest absolute Gasteiger partial charge is 0.374 e. The molecule has 0 aromatic heterocycles. The van der Waals surface area contributed by atoms with E-state index in [1.54, 1.807) is 0 Å². The first-order valence-electron chi connectivity index (χ1n) is 7.43. The van der Waals surface area contributed by atoms with Gasteiger partial charge >= 0.3 is 0 Å². The number of carbonyl (C=O) groups excluding carboxylic acids is 1. The van der Waals surface area contributed by atoms with Gasteiger partial charge in [-0.2, -0.15) is 0 Å². The van der Waals surface area contributed by atoms with Crippen LogP contribution >= 0.6 is 0 Å². The maximum absolute atomic E-state index is 10.9. The van der Waals surface area contributed by atoms with E-state index in [9.17, 15) is 4.79 Å². The second-order valence-corrected chi connectivity index (χ2v) is 5.74. The van der Waals surface area contributed by atoms with E-state index in [0.717, 1.165) is 26.2 Å². The molecule has 5 heteroatoms. The van der Waals surface area contributed by atoms with Crippen LogP contribution in [0.2, 0.25) is 0 Å². The van der Waals surface area contributed by atoms with Crippen molar-refractivity contribution in [2.75, 3.05) is 39.8 Å². The standard InChI is InChI=1S/C16H25N3O2/c1-13(14-6-4-3-5-7-14)19-8-9-21-15(11-19)10-18(2)12-16(17)20/h3-7,13,15H,8-12H2,1-2H3,(H2,17,20)/t13-,15+/m1/s1. The quantitative estimate of drug-likeness (QED) is 0.845. The number of nitrogens with two attached hydrogens (primary N) is 1. The number of amides is 1. The molecule has 1 aliphatic heterocycles. The van der Waals surface area contributed by atoms with Crippen molar-refractivity contribution in [3.8, 4) is 0 Å². The van der Waals surface area contributed by atoms with Crippen LogP contribution in [0.1, 0.15) is 18.5 Å². The zero-order chi connectivity index (χ0) is 15.2. The van der Waals surface area contributed by atoms with Gasteiger partial charge in [0.2, 0.25) is 5.91 Å². The lowest BCUT2D eigenvalue weighted by atomic mass is 10.1. The van der Waals surface area contributed by atoms with Crippen molar-refractivity contribution in [3.63, 3.8) is 0 Å². The Balaban J connectivity index is 1.90. The molecule has 1 aromatic carbocycles. The fraction of sp³-hybridized carbons (Fsp3) is 0.562. The Hall–Kier alpha value is -1.43. The third kappa shape index (κ3) is 4.81. The molecule has 2 rings (SSSR count). The fourth-order valence-corrected chi connectivity index (χ4v) is 2.82. The lowest BCUT2D eigenvalue weighted by Gasteiger charge is -2.38. The van der Waals surface area contributed by atoms with Crippen LogP contribution in [-0.2, 0) is 9.53 Å². The van der Waals surface area contributed by atoms with Gasteiger partial charge in [0.15, 0.2) is 0 Å². The summed E-state index contributed by atoms with van der Waals surface area (Å²) in [6.45, 7) is 5.76. The van der Waals surface area contributed by atoms with E-state index in [4.69, 9.17) is 10.5 Å². The number of nitrogens with zero attached hydrogens (tertiary/aromatic N) is 2. The van der Waals surface area contributed by atoms with Crippen molar-refractivity contribution in [1.29, 1.82) is 0 Å². The van der Waals surface area contributed by atoms with Crippen molar-refractivity contribution >= 4 is 5.91 Å². The summed E-state index contributed by atoms with van der Waals surface area (Å²) in [6.07, 6.45) is 0.120. The van der Waals surface area contributed by atoms with Crippen molar-refractivity contribution in [1.82, 2.24) is 9.80 Å². The predicted molar refractivity (Wildman–Crippen MR) is 82.9 cm³/mol. The zero-order valence-corrected chi connectivity index (χ0v) is 12.9. The normalized spacial score (nSPS) is 21.4. The lowest BCUT2D eigenvalue weighted by molar-refractivity contribution is -0.119. The van der Waals surface area contributed by atoms with E-state index in [1.807, 2.05) is 18.0 Å². The summed E-state index contributed by atoms with van der Waals surface area (Å²) < 4.78 is 5.81. The Morgan fingerprint density at radius 1 is 1.48 bits per heavy atom. The summed E-state index contributed by atoms with van der Waals surface area (Å²) in [7, 11) is 1.90. The molecule has 1 aliphatic rings. The summed E-state index contributed by atoms with van der Waals surface area (Å²) in [5.74, 6) is -0.303. The number of primary amides is 1. The molecule has 1 saturated heterocycles. The maximum Gasteiger partial charge on any atom is 0.231 e. The Kier molecular flexibility index (Phi) is 5.73. The Morgan fingerprint density at radius 2 is 2.19 bits per heavy atom. The van der Waals surface area contributed by atoms with Crippen LogP contribution in [0.25, 0.3) is 0 Å². The molecule has 0 aliphatic carbocycles. The van der Waals surface area contributed by atoms with Crippen LogP contribution in [0, 0.1) is 0 Å². The molecule has 116 valence electrons. The zero-order valence-electron chi connectivity index (χ0n) is 12.9. The van der Waals surface area contributed by atoms with Gasteiger partial charge in [0.25, 0.3) is 0 Å². The predicted octanol–water partition coefficient (Wildman–Crippen LogP) is 0.866. The van der Waals surface area contributed by atoms with Gasteiger partial charge in [-0.05, 0) is 19.5 Å². The molecule has 0 unspecified atom stereocenters. The summed E-state index contributed by atoms with van der Waals surface area (Å²) in [5, 5.41) is 0. The number of morpholine rings is 1. The fourth-order valence-electron chi connectivity index (χ4n) is 2.82. The second-order valence-electron chi connectivity index (χ2n) is 5.74. The summed E-state index contributed by atoms with van der Waals surface area (Å²) >= 11 is 0. The van der Waals surface area contributed by atoms with Gasteiger partial charge in [-0.15, -0.1) is 0 Å². The van der Waals surface area contributed by atoms with Gasteiger partial charge in [0.1, 0.15) is 0 Å². The highest BCUT2D eigenvalue weighted by Crippen LogP contribution is 2.22. The van der Waals surface area contributed by atoms with Crippen molar-refractivity contribution < 1.29 is 9.53 Å². The average Bonchev–Trinajstić information content (AvgIpc) is 2.46. The minimum absolute atomic E-state index is 0.120. The SMILES string of the molecule is C[C@H](c1ccccc1)N1CCO[C@@H](CN(C)CC(N)=O)C1. The molecule has 0 bridgehead atoms. The van der Waals surface area contributed by atoms with Crippen molar-refractivity contribution in [2.45, 2.75) is 19.1 Å². The van der Waals surface area contributed by atoms with Gasteiger partial charge < -0.3 is 10.5 Å². The van der Waals surface area contributed by atoms with E-state index in [1.165, 1.54) is 5.56 Å². The molecule has 0 radical (unpaired) electrons. The molecule has 5 nitrogen and oxygen atoms in total. The Labute approximate surface area is 126 Å². The molecular formula is C16H25N3O2. The number of likely N-dealkylation sites (N-methyl/N-ethyl adjacent to an activating group) is 1. The molecule has 1 heterocycles. The summed E-state index contributed by atoms with van der Waals surface area (Å²) in [6, 6.07) is 10.9. The van der Waals surface area contributed by atoms with Gasteiger partial charge in [-0.3, -0.25) is 14.6 Å². The minimum atomic E-state index is -0.303. The molecular weight excluding hydrogens is 266 g/mol. The van der Waals surface area contributed by atoms with E-state index >= 15 is 0 Å². The van der Waals surface area contributed by atoms with Crippen LogP contribution in [-0.4, -0.2) is 61.6 Å². The average molecular weight is 291 g/mol. The van der Waals surface area contributed by atoms with Crippen LogP contribution in [0.4, 0.5) is 0 Å². The van der Waals surface area contributed by atoms with Crippen LogP contribution in [0.5, 0.6) is 0 Å². The number of benzene rings is 1. The third-order valence-corrected chi connectivity index (χ3v) is 3.94. The molecule has 1 aromatic rings. The Morgan fingerprint density at radius 3 is 2.86 bits per heavy atom. The highest BCUT2D eigenvalue weighted by atomic mass is 16.5. The molecule has 21 heavy (non-hydrogen) atoms. The van der Waals surface area contributed by atoms with Crippen molar-refractivity contribution in [3.05, 3.63) is 35.9 Å². The van der Waals surface area contributed by atoms with Gasteiger partial charge in [0, 0.05) is 25.7 Å². The molecule has 1 amide bonds. The molecule has 1 fully saturated rings. The van der Waals surface area contributed by atoms with Crippen LogP contribution in [0.3, 0.4) is 0 Å². The van der Waals surface area contributed by atoms with E-state index in [2.05, 4.69) is 36.1 Å². The highest BCUT2D eigenvalue weighted by Gasteiger charge is 2.25. The number of ether oxygens (including phenoxy) is 1. The summed E-state index contributed by atoms with van der Waals surface area (Å²) in [4.78, 5) is 15.3. The van der Waals surface area contributed by atoms with Crippen molar-refractivity contribution in [2.24, 2.45) is 5.73 Å². The Bertz CT molecular complexity index is 452. The molecule has 2 atom stereocenters. The smallest absolute Gasteiger partial charge is 0.231 e. The number of hydrogen-bond donors (Lipinski definition) is 1. The lowest BCUT2D eigenvalue weighted by Crippen LogP contribution is -2.48. The third-order valence-electron chi connectivity index (χ3n) is 3.94. The molecule has 2 N–H and O–H groups in total. The van der Waals surface area contributed by atoms with Crippen LogP contribution < -0.4 is 5.73 Å². The first-order chi connectivity index (χ1) is 10.1. The first kappa shape index (κ1) is 15.9. The van der Waals surface area contributed by atoms with E-state index < -0.39 is 0 Å². The molecule has 0 saturated carbocycles. The van der Waals surface area contributed by atoms with Gasteiger partial charge in [-0.1, -0.05) is 30.3 Å². The first-order valence-corrected chi connectivity index (χ1v) is 7.43. The van der Waals surface area contributed by atoms with Gasteiger partial charge in [0.05, 0.1) is 19.3 Å². The highest BCUT2D eigenvalue weighted by molar-refractivity contribution is 5.75. The molecule has 0 spiro atoms.